The molecule has 2 unspecified atom stereocenters. The molecule has 0 spiro atoms. The molecule has 1 aliphatic rings. The number of amides is 1. The van der Waals surface area contributed by atoms with Crippen LogP contribution in [-0.4, -0.2) is 25.5 Å². The van der Waals surface area contributed by atoms with E-state index < -0.39 is 0 Å². The molecule has 0 radical (unpaired) electrons. The molecule has 0 saturated heterocycles. The Morgan fingerprint density at radius 1 is 1.50 bits per heavy atom. The van der Waals surface area contributed by atoms with Crippen LogP contribution in [0, 0.1) is 5.92 Å². The smallest absolute Gasteiger partial charge is 0.231 e. The Hall–Kier alpha value is -1.35. The van der Waals surface area contributed by atoms with E-state index in [0.717, 1.165) is 25.1 Å². The molecule has 0 aromatic heterocycles. The monoisotopic (exact) mass is 246 g/mol. The Labute approximate surface area is 109 Å². The maximum atomic E-state index is 12.5. The maximum absolute atomic E-state index is 12.5. The van der Waals surface area contributed by atoms with E-state index in [9.17, 15) is 4.79 Å². The second kappa shape index (κ2) is 5.53. The predicted molar refractivity (Wildman–Crippen MR) is 74.8 cm³/mol. The topological polar surface area (TPSA) is 32.3 Å². The predicted octanol–water partition coefficient (Wildman–Crippen LogP) is 2.21. The van der Waals surface area contributed by atoms with E-state index in [1.165, 1.54) is 5.56 Å². The van der Waals surface area contributed by atoms with Crippen molar-refractivity contribution >= 4 is 11.6 Å². The highest BCUT2D eigenvalue weighted by molar-refractivity contribution is 5.96. The van der Waals surface area contributed by atoms with Gasteiger partial charge in [-0.2, -0.15) is 0 Å². The van der Waals surface area contributed by atoms with E-state index in [0.29, 0.717) is 6.04 Å². The first-order valence-electron chi connectivity index (χ1n) is 6.70. The summed E-state index contributed by atoms with van der Waals surface area (Å²) in [5.41, 5.74) is 2.39. The van der Waals surface area contributed by atoms with Crippen LogP contribution in [0.3, 0.4) is 0 Å². The van der Waals surface area contributed by atoms with E-state index >= 15 is 0 Å². The van der Waals surface area contributed by atoms with Crippen LogP contribution in [0.5, 0.6) is 0 Å². The number of para-hydroxylation sites is 1. The number of anilines is 1. The Bertz CT molecular complexity index is 430. The Morgan fingerprint density at radius 3 is 2.94 bits per heavy atom. The Morgan fingerprint density at radius 2 is 2.22 bits per heavy atom. The molecule has 3 nitrogen and oxygen atoms in total. The minimum Gasteiger partial charge on any atom is -0.319 e. The number of rotatable bonds is 3. The van der Waals surface area contributed by atoms with Crippen molar-refractivity contribution in [3.8, 4) is 0 Å². The lowest BCUT2D eigenvalue weighted by Crippen LogP contribution is -2.46. The number of benzene rings is 1. The van der Waals surface area contributed by atoms with Gasteiger partial charge in [0.1, 0.15) is 0 Å². The van der Waals surface area contributed by atoms with E-state index in [4.69, 9.17) is 0 Å². The number of hydrogen-bond donors (Lipinski definition) is 1. The van der Waals surface area contributed by atoms with E-state index in [1.807, 2.05) is 24.9 Å². The van der Waals surface area contributed by atoms with Crippen molar-refractivity contribution < 1.29 is 4.79 Å². The molecule has 1 heterocycles. The van der Waals surface area contributed by atoms with Crippen molar-refractivity contribution in [3.05, 3.63) is 29.8 Å². The number of aryl methyl sites for hydroxylation is 1. The molecule has 2 rings (SSSR count). The molecule has 1 N–H and O–H groups in total. The van der Waals surface area contributed by atoms with Gasteiger partial charge in [0.2, 0.25) is 5.91 Å². The number of nitrogens with zero attached hydrogens (tertiary/aromatic N) is 1. The van der Waals surface area contributed by atoms with Gasteiger partial charge in [-0.25, -0.2) is 0 Å². The molecule has 0 bridgehead atoms. The molecule has 0 aliphatic carbocycles. The van der Waals surface area contributed by atoms with Gasteiger partial charge in [0.25, 0.3) is 0 Å². The number of fused-ring (bicyclic) bond motifs is 1. The molecule has 98 valence electrons. The summed E-state index contributed by atoms with van der Waals surface area (Å²) in [4.78, 5) is 14.5. The summed E-state index contributed by atoms with van der Waals surface area (Å²) in [7, 11) is 1.89. The van der Waals surface area contributed by atoms with Crippen LogP contribution < -0.4 is 10.2 Å². The van der Waals surface area contributed by atoms with Crippen LogP contribution in [-0.2, 0) is 11.2 Å². The third kappa shape index (κ3) is 2.41. The van der Waals surface area contributed by atoms with Crippen LogP contribution in [0.2, 0.25) is 0 Å². The number of nitrogens with one attached hydrogen (secondary N) is 1. The minimum atomic E-state index is 0.0172. The highest BCUT2D eigenvalue weighted by atomic mass is 16.2. The van der Waals surface area contributed by atoms with Gasteiger partial charge in [-0.1, -0.05) is 25.1 Å². The zero-order chi connectivity index (χ0) is 13.1. The summed E-state index contributed by atoms with van der Waals surface area (Å²) in [6, 6.07) is 8.56. The van der Waals surface area contributed by atoms with Crippen molar-refractivity contribution in [2.24, 2.45) is 5.92 Å². The zero-order valence-electron chi connectivity index (χ0n) is 11.4. The van der Waals surface area contributed by atoms with Crippen molar-refractivity contribution in [2.75, 3.05) is 18.5 Å². The lowest BCUT2D eigenvalue weighted by molar-refractivity contribution is -0.122. The van der Waals surface area contributed by atoms with E-state index in [-0.39, 0.29) is 11.8 Å². The molecular weight excluding hydrogens is 224 g/mol. The molecule has 1 aliphatic heterocycles. The second-order valence-electron chi connectivity index (χ2n) is 5.18. The van der Waals surface area contributed by atoms with Gasteiger partial charge in [-0.15, -0.1) is 0 Å². The van der Waals surface area contributed by atoms with Gasteiger partial charge in [-0.05, 0) is 38.4 Å². The molecule has 3 heteroatoms. The highest BCUT2D eigenvalue weighted by Crippen LogP contribution is 2.31. The lowest BCUT2D eigenvalue weighted by atomic mass is 9.95. The molecule has 18 heavy (non-hydrogen) atoms. The summed E-state index contributed by atoms with van der Waals surface area (Å²) in [5, 5.41) is 3.08. The van der Waals surface area contributed by atoms with Gasteiger partial charge in [-0.3, -0.25) is 4.79 Å². The van der Waals surface area contributed by atoms with Gasteiger partial charge in [0, 0.05) is 24.2 Å². The first kappa shape index (κ1) is 13.1. The first-order valence-corrected chi connectivity index (χ1v) is 6.70. The van der Waals surface area contributed by atoms with Gasteiger partial charge in [0.15, 0.2) is 0 Å². The van der Waals surface area contributed by atoms with Crippen molar-refractivity contribution in [3.63, 3.8) is 0 Å². The fourth-order valence-corrected chi connectivity index (χ4v) is 2.66. The molecule has 1 amide bonds. The SMILES string of the molecule is CNCC(C)C(=O)N1c2ccccc2CCC1C. The molecular formula is C15H22N2O. The average molecular weight is 246 g/mol. The van der Waals surface area contributed by atoms with Crippen LogP contribution in [0.15, 0.2) is 24.3 Å². The van der Waals surface area contributed by atoms with Gasteiger partial charge < -0.3 is 10.2 Å². The Kier molecular flexibility index (Phi) is 4.02. The van der Waals surface area contributed by atoms with Crippen molar-refractivity contribution in [1.29, 1.82) is 0 Å². The van der Waals surface area contributed by atoms with Crippen molar-refractivity contribution in [1.82, 2.24) is 5.32 Å². The quantitative estimate of drug-likeness (QED) is 0.887. The minimum absolute atomic E-state index is 0.0172. The summed E-state index contributed by atoms with van der Waals surface area (Å²) in [6.45, 7) is 4.85. The molecule has 1 aromatic rings. The molecule has 0 fully saturated rings. The largest absolute Gasteiger partial charge is 0.319 e. The fourth-order valence-electron chi connectivity index (χ4n) is 2.66. The first-order chi connectivity index (χ1) is 8.65. The van der Waals surface area contributed by atoms with E-state index in [1.54, 1.807) is 0 Å². The molecule has 0 saturated carbocycles. The fraction of sp³-hybridized carbons (Fsp3) is 0.533. The van der Waals surface area contributed by atoms with Crippen LogP contribution >= 0.6 is 0 Å². The number of carbonyl (C=O) groups excluding carboxylic acids is 1. The normalized spacial score (nSPS) is 20.4. The van der Waals surface area contributed by atoms with E-state index in [2.05, 4.69) is 30.4 Å². The summed E-state index contributed by atoms with van der Waals surface area (Å²) in [5.74, 6) is 0.243. The number of carbonyl (C=O) groups is 1. The summed E-state index contributed by atoms with van der Waals surface area (Å²) >= 11 is 0. The van der Waals surface area contributed by atoms with Crippen LogP contribution in [0.4, 0.5) is 5.69 Å². The Balaban J connectivity index is 2.29. The van der Waals surface area contributed by atoms with Gasteiger partial charge in [0.05, 0.1) is 0 Å². The average Bonchev–Trinajstić information content (AvgIpc) is 2.38. The molecule has 1 aromatic carbocycles. The standard InChI is InChI=1S/C15H22N2O/c1-11(10-16-3)15(18)17-12(2)8-9-13-6-4-5-7-14(13)17/h4-7,11-12,16H,8-10H2,1-3H3. The lowest BCUT2D eigenvalue weighted by Gasteiger charge is -2.36. The second-order valence-corrected chi connectivity index (χ2v) is 5.18. The maximum Gasteiger partial charge on any atom is 0.231 e. The highest BCUT2D eigenvalue weighted by Gasteiger charge is 2.30. The third-order valence-electron chi connectivity index (χ3n) is 3.69. The van der Waals surface area contributed by atoms with Gasteiger partial charge >= 0.3 is 0 Å². The molecule has 2 atom stereocenters. The summed E-state index contributed by atoms with van der Waals surface area (Å²) in [6.07, 6.45) is 2.12. The van der Waals surface area contributed by atoms with Crippen molar-refractivity contribution in [2.45, 2.75) is 32.7 Å². The zero-order valence-corrected chi connectivity index (χ0v) is 11.4. The summed E-state index contributed by atoms with van der Waals surface area (Å²) < 4.78 is 0. The number of hydrogen-bond acceptors (Lipinski definition) is 2. The van der Waals surface area contributed by atoms with Crippen LogP contribution in [0.1, 0.15) is 25.8 Å². The third-order valence-corrected chi connectivity index (χ3v) is 3.69. The van der Waals surface area contributed by atoms with Crippen LogP contribution in [0.25, 0.3) is 0 Å².